The molecule has 1 aromatic carbocycles. The number of hydrogen-bond donors (Lipinski definition) is 3. The van der Waals surface area contributed by atoms with Crippen LogP contribution in [0.25, 0.3) is 0 Å². The van der Waals surface area contributed by atoms with E-state index in [0.29, 0.717) is 11.4 Å². The molecule has 0 radical (unpaired) electrons. The van der Waals surface area contributed by atoms with Gasteiger partial charge in [-0.3, -0.25) is 9.89 Å². The first-order valence-electron chi connectivity index (χ1n) is 6.24. The summed E-state index contributed by atoms with van der Waals surface area (Å²) >= 11 is 0. The predicted molar refractivity (Wildman–Crippen MR) is 75.5 cm³/mol. The number of para-hydroxylation sites is 1. The van der Waals surface area contributed by atoms with E-state index in [9.17, 15) is 4.79 Å². The number of nitriles is 1. The summed E-state index contributed by atoms with van der Waals surface area (Å²) in [5.41, 5.74) is 1.27. The molecule has 2 rings (SSSR count). The average Bonchev–Trinajstić information content (AvgIpc) is 2.88. The third-order valence-corrected chi connectivity index (χ3v) is 2.70. The highest BCUT2D eigenvalue weighted by Gasteiger charge is 2.15. The number of carbonyl (C=O) groups excluding carboxylic acids is 1. The Morgan fingerprint density at radius 1 is 1.45 bits per heavy atom. The highest BCUT2D eigenvalue weighted by atomic mass is 16.1. The van der Waals surface area contributed by atoms with E-state index in [0.717, 1.165) is 5.69 Å². The van der Waals surface area contributed by atoms with Gasteiger partial charge in [-0.25, -0.2) is 0 Å². The molecule has 0 bridgehead atoms. The van der Waals surface area contributed by atoms with Crippen molar-refractivity contribution < 1.29 is 4.79 Å². The third kappa shape index (κ3) is 3.36. The topological polar surface area (TPSA) is 93.6 Å². The second-order valence-corrected chi connectivity index (χ2v) is 4.39. The first-order chi connectivity index (χ1) is 9.70. The van der Waals surface area contributed by atoms with Gasteiger partial charge in [0.15, 0.2) is 0 Å². The molecular weight excluding hydrogens is 254 g/mol. The van der Waals surface area contributed by atoms with Crippen LogP contribution in [0.4, 0.5) is 11.5 Å². The Morgan fingerprint density at radius 3 is 2.90 bits per heavy atom. The number of amides is 1. The van der Waals surface area contributed by atoms with E-state index in [1.807, 2.05) is 36.4 Å². The van der Waals surface area contributed by atoms with Crippen molar-refractivity contribution in [2.45, 2.75) is 19.4 Å². The monoisotopic (exact) mass is 269 g/mol. The molecular formula is C14H15N5O. The van der Waals surface area contributed by atoms with Crippen molar-refractivity contribution in [1.82, 2.24) is 15.5 Å². The molecule has 6 heteroatoms. The summed E-state index contributed by atoms with van der Waals surface area (Å²) in [4.78, 5) is 12.1. The maximum Gasteiger partial charge on any atom is 0.256 e. The lowest BCUT2D eigenvalue weighted by Gasteiger charge is -2.11. The van der Waals surface area contributed by atoms with Gasteiger partial charge in [-0.2, -0.15) is 10.4 Å². The molecule has 1 amide bonds. The number of benzene rings is 1. The molecule has 1 heterocycles. The van der Waals surface area contributed by atoms with Crippen LogP contribution in [-0.4, -0.2) is 22.1 Å². The zero-order chi connectivity index (χ0) is 14.4. The van der Waals surface area contributed by atoms with Crippen molar-refractivity contribution in [2.75, 3.05) is 5.32 Å². The minimum atomic E-state index is -0.264. The van der Waals surface area contributed by atoms with Gasteiger partial charge in [0.2, 0.25) is 0 Å². The van der Waals surface area contributed by atoms with Gasteiger partial charge in [0.1, 0.15) is 11.4 Å². The van der Waals surface area contributed by atoms with Gasteiger partial charge in [0, 0.05) is 11.7 Å². The first-order valence-corrected chi connectivity index (χ1v) is 6.24. The number of carbonyl (C=O) groups is 1. The SMILES string of the molecule is CC(CC#N)NC(=O)c1cn[nH]c1Nc1ccccc1. The molecule has 1 unspecified atom stereocenters. The van der Waals surface area contributed by atoms with Crippen LogP contribution in [0.5, 0.6) is 0 Å². The summed E-state index contributed by atoms with van der Waals surface area (Å²) in [6, 6.07) is 11.3. The molecule has 0 spiro atoms. The molecule has 3 N–H and O–H groups in total. The standard InChI is InChI=1S/C14H15N5O/c1-10(7-8-15)17-14(20)12-9-16-19-13(12)18-11-5-3-2-4-6-11/h2-6,9-10H,7H2,1H3,(H,17,20)(H2,16,18,19). The zero-order valence-electron chi connectivity index (χ0n) is 11.1. The Morgan fingerprint density at radius 2 is 2.20 bits per heavy atom. The Bertz CT molecular complexity index is 614. The lowest BCUT2D eigenvalue weighted by atomic mass is 10.2. The lowest BCUT2D eigenvalue weighted by Crippen LogP contribution is -2.32. The number of anilines is 2. The highest BCUT2D eigenvalue weighted by Crippen LogP contribution is 2.17. The van der Waals surface area contributed by atoms with E-state index < -0.39 is 0 Å². The summed E-state index contributed by atoms with van der Waals surface area (Å²) < 4.78 is 0. The Labute approximate surface area is 116 Å². The number of H-pyrrole nitrogens is 1. The van der Waals surface area contributed by atoms with Crippen LogP contribution < -0.4 is 10.6 Å². The van der Waals surface area contributed by atoms with E-state index in [4.69, 9.17) is 5.26 Å². The number of aromatic amines is 1. The number of aromatic nitrogens is 2. The molecule has 0 fully saturated rings. The summed E-state index contributed by atoms with van der Waals surface area (Å²) in [6.45, 7) is 1.78. The van der Waals surface area contributed by atoms with Crippen LogP contribution in [-0.2, 0) is 0 Å². The lowest BCUT2D eigenvalue weighted by molar-refractivity contribution is 0.0942. The van der Waals surface area contributed by atoms with Crippen molar-refractivity contribution in [3.63, 3.8) is 0 Å². The molecule has 0 saturated carbocycles. The van der Waals surface area contributed by atoms with Gasteiger partial charge in [-0.1, -0.05) is 18.2 Å². The Kier molecular flexibility index (Phi) is 4.35. The van der Waals surface area contributed by atoms with Crippen LogP contribution >= 0.6 is 0 Å². The van der Waals surface area contributed by atoms with Gasteiger partial charge < -0.3 is 10.6 Å². The maximum absolute atomic E-state index is 12.1. The summed E-state index contributed by atoms with van der Waals surface area (Å²) in [5, 5.41) is 21.1. The fourth-order valence-corrected chi connectivity index (χ4v) is 1.71. The third-order valence-electron chi connectivity index (χ3n) is 2.70. The van der Waals surface area contributed by atoms with E-state index in [1.54, 1.807) is 6.92 Å². The van der Waals surface area contributed by atoms with Crippen LogP contribution in [0.3, 0.4) is 0 Å². The van der Waals surface area contributed by atoms with Crippen molar-refractivity contribution >= 4 is 17.4 Å². The van der Waals surface area contributed by atoms with E-state index in [1.165, 1.54) is 6.20 Å². The van der Waals surface area contributed by atoms with Gasteiger partial charge in [0.25, 0.3) is 5.91 Å². The summed E-state index contributed by atoms with van der Waals surface area (Å²) in [6.07, 6.45) is 1.73. The van der Waals surface area contributed by atoms with Crippen LogP contribution in [0.1, 0.15) is 23.7 Å². The summed E-state index contributed by atoms with van der Waals surface area (Å²) in [5.74, 6) is 0.262. The predicted octanol–water partition coefficient (Wildman–Crippen LogP) is 2.19. The first kappa shape index (κ1) is 13.6. The number of nitrogens with zero attached hydrogens (tertiary/aromatic N) is 2. The Balaban J connectivity index is 2.09. The van der Waals surface area contributed by atoms with Crippen LogP contribution in [0, 0.1) is 11.3 Å². The van der Waals surface area contributed by atoms with Crippen LogP contribution in [0.2, 0.25) is 0 Å². The molecule has 0 aliphatic heterocycles. The van der Waals surface area contributed by atoms with Gasteiger partial charge in [-0.15, -0.1) is 0 Å². The normalized spacial score (nSPS) is 11.4. The molecule has 0 saturated heterocycles. The van der Waals surface area contributed by atoms with Gasteiger partial charge in [0.05, 0.1) is 18.7 Å². The fourth-order valence-electron chi connectivity index (χ4n) is 1.71. The minimum Gasteiger partial charge on any atom is -0.348 e. The zero-order valence-corrected chi connectivity index (χ0v) is 11.1. The maximum atomic E-state index is 12.1. The van der Waals surface area contributed by atoms with Gasteiger partial charge in [-0.05, 0) is 19.1 Å². The number of rotatable bonds is 5. The average molecular weight is 269 g/mol. The second kappa shape index (κ2) is 6.38. The molecule has 1 aromatic heterocycles. The number of nitrogens with one attached hydrogen (secondary N) is 3. The molecule has 20 heavy (non-hydrogen) atoms. The van der Waals surface area contributed by atoms with Crippen molar-refractivity contribution in [3.05, 3.63) is 42.1 Å². The van der Waals surface area contributed by atoms with Crippen molar-refractivity contribution in [2.24, 2.45) is 0 Å². The smallest absolute Gasteiger partial charge is 0.256 e. The molecule has 0 aliphatic carbocycles. The van der Waals surface area contributed by atoms with E-state index in [-0.39, 0.29) is 18.4 Å². The largest absolute Gasteiger partial charge is 0.348 e. The van der Waals surface area contributed by atoms with Gasteiger partial charge >= 0.3 is 0 Å². The Hall–Kier alpha value is -2.81. The molecule has 2 aromatic rings. The minimum absolute atomic E-state index is 0.202. The molecule has 102 valence electrons. The molecule has 0 aliphatic rings. The summed E-state index contributed by atoms with van der Waals surface area (Å²) in [7, 11) is 0. The molecule has 6 nitrogen and oxygen atoms in total. The fraction of sp³-hybridized carbons (Fsp3) is 0.214. The highest BCUT2D eigenvalue weighted by molar-refractivity contribution is 5.99. The van der Waals surface area contributed by atoms with Crippen LogP contribution in [0.15, 0.2) is 36.5 Å². The number of hydrogen-bond acceptors (Lipinski definition) is 4. The van der Waals surface area contributed by atoms with Crippen molar-refractivity contribution in [3.8, 4) is 6.07 Å². The quantitative estimate of drug-likeness (QED) is 0.775. The molecule has 1 atom stereocenters. The van der Waals surface area contributed by atoms with E-state index >= 15 is 0 Å². The van der Waals surface area contributed by atoms with Crippen molar-refractivity contribution in [1.29, 1.82) is 5.26 Å². The van der Waals surface area contributed by atoms with E-state index in [2.05, 4.69) is 20.8 Å². The second-order valence-electron chi connectivity index (χ2n) is 4.39.